The summed E-state index contributed by atoms with van der Waals surface area (Å²) in [6.07, 6.45) is 1.75. The number of methoxy groups -OCH3 is 2. The summed E-state index contributed by atoms with van der Waals surface area (Å²) in [5, 5.41) is 13.0. The second-order valence-electron chi connectivity index (χ2n) is 6.62. The smallest absolute Gasteiger partial charge is 0.161 e. The molecule has 1 heterocycles. The third-order valence-corrected chi connectivity index (χ3v) is 6.82. The molecular formula is C21H27NO3S. The lowest BCUT2D eigenvalue weighted by Crippen LogP contribution is -2.49. The summed E-state index contributed by atoms with van der Waals surface area (Å²) < 4.78 is 11.0. The first-order valence-electron chi connectivity index (χ1n) is 9.02. The Kier molecular flexibility index (Phi) is 5.80. The minimum Gasteiger partial charge on any atom is -0.493 e. The highest BCUT2D eigenvalue weighted by molar-refractivity contribution is 7.99. The molecule has 0 aromatic heterocycles. The molecule has 2 aromatic carbocycles. The van der Waals surface area contributed by atoms with E-state index in [1.54, 1.807) is 31.0 Å². The third kappa shape index (κ3) is 3.20. The van der Waals surface area contributed by atoms with Gasteiger partial charge in [0.05, 0.1) is 25.8 Å². The van der Waals surface area contributed by atoms with Gasteiger partial charge >= 0.3 is 0 Å². The molecule has 0 saturated carbocycles. The summed E-state index contributed by atoms with van der Waals surface area (Å²) in [6, 6.07) is 14.0. The number of hydrogen-bond acceptors (Lipinski definition) is 5. The largest absolute Gasteiger partial charge is 0.493 e. The van der Waals surface area contributed by atoms with Crippen LogP contribution in [-0.2, 0) is 0 Å². The highest BCUT2D eigenvalue weighted by Gasteiger charge is 2.42. The standard InChI is InChI=1S/C21H27NO3S/c1-5-21(6-2)14-26-19-13-18(25-4)17(24-3)12-16(19)20(22(21)23)15-10-8-7-9-11-15/h7-13,20,23H,5-6,14H2,1-4H3/t20-/m0/s1. The lowest BCUT2D eigenvalue weighted by atomic mass is 9.89. The molecule has 0 fully saturated rings. The van der Waals surface area contributed by atoms with Crippen LogP contribution < -0.4 is 9.47 Å². The summed E-state index contributed by atoms with van der Waals surface area (Å²) >= 11 is 1.78. The van der Waals surface area contributed by atoms with Gasteiger partial charge in [-0.2, -0.15) is 5.06 Å². The van der Waals surface area contributed by atoms with Crippen molar-refractivity contribution in [3.63, 3.8) is 0 Å². The third-order valence-electron chi connectivity index (χ3n) is 5.47. The fraction of sp³-hybridized carbons (Fsp3) is 0.429. The summed E-state index contributed by atoms with van der Waals surface area (Å²) in [5.41, 5.74) is 1.83. The first-order chi connectivity index (χ1) is 12.6. The Hall–Kier alpha value is -1.69. The van der Waals surface area contributed by atoms with Gasteiger partial charge in [-0.15, -0.1) is 11.8 Å². The van der Waals surface area contributed by atoms with Gasteiger partial charge in [-0.25, -0.2) is 0 Å². The molecule has 26 heavy (non-hydrogen) atoms. The molecular weight excluding hydrogens is 346 g/mol. The second kappa shape index (κ2) is 7.91. The number of benzene rings is 2. The van der Waals surface area contributed by atoms with E-state index in [0.717, 1.165) is 40.4 Å². The van der Waals surface area contributed by atoms with Crippen molar-refractivity contribution in [1.82, 2.24) is 5.06 Å². The van der Waals surface area contributed by atoms with Crippen molar-refractivity contribution >= 4 is 11.8 Å². The van der Waals surface area contributed by atoms with Crippen molar-refractivity contribution in [3.05, 3.63) is 53.6 Å². The highest BCUT2D eigenvalue weighted by Crippen LogP contribution is 2.48. The van der Waals surface area contributed by atoms with Gasteiger partial charge < -0.3 is 14.7 Å². The Balaban J connectivity index is 2.23. The predicted molar refractivity (Wildman–Crippen MR) is 105 cm³/mol. The maximum Gasteiger partial charge on any atom is 0.161 e. The lowest BCUT2D eigenvalue weighted by molar-refractivity contribution is -0.191. The van der Waals surface area contributed by atoms with Crippen molar-refractivity contribution in [2.24, 2.45) is 0 Å². The number of hydroxylamine groups is 2. The summed E-state index contributed by atoms with van der Waals surface area (Å²) in [5.74, 6) is 2.22. The molecule has 0 bridgehead atoms. The van der Waals surface area contributed by atoms with Crippen LogP contribution in [0, 0.1) is 0 Å². The molecule has 1 aliphatic heterocycles. The molecule has 0 saturated heterocycles. The van der Waals surface area contributed by atoms with E-state index >= 15 is 0 Å². The first kappa shape index (κ1) is 19.1. The van der Waals surface area contributed by atoms with Crippen LogP contribution in [0.15, 0.2) is 47.4 Å². The Labute approximate surface area is 160 Å². The molecule has 0 radical (unpaired) electrons. The summed E-state index contributed by atoms with van der Waals surface area (Å²) in [6.45, 7) is 4.29. The molecule has 4 nitrogen and oxygen atoms in total. The number of thioether (sulfide) groups is 1. The highest BCUT2D eigenvalue weighted by atomic mass is 32.2. The molecule has 140 valence electrons. The van der Waals surface area contributed by atoms with Gasteiger partial charge in [-0.3, -0.25) is 0 Å². The Bertz CT molecular complexity index is 746. The van der Waals surface area contributed by atoms with Crippen LogP contribution in [0.2, 0.25) is 0 Å². The van der Waals surface area contributed by atoms with Crippen molar-refractivity contribution < 1.29 is 14.7 Å². The fourth-order valence-electron chi connectivity index (χ4n) is 3.63. The van der Waals surface area contributed by atoms with E-state index in [4.69, 9.17) is 9.47 Å². The lowest BCUT2D eigenvalue weighted by Gasteiger charge is -2.41. The molecule has 0 aliphatic carbocycles. The molecule has 1 N–H and O–H groups in total. The topological polar surface area (TPSA) is 41.9 Å². The van der Waals surface area contributed by atoms with E-state index in [1.807, 2.05) is 30.3 Å². The quantitative estimate of drug-likeness (QED) is 0.785. The average molecular weight is 374 g/mol. The molecule has 0 unspecified atom stereocenters. The Morgan fingerprint density at radius 3 is 2.27 bits per heavy atom. The SMILES string of the molecule is CCC1(CC)CSc2cc(OC)c(OC)cc2[C@H](c2ccccc2)N1O. The van der Waals surface area contributed by atoms with Crippen LogP contribution in [0.1, 0.15) is 43.9 Å². The Morgan fingerprint density at radius 2 is 1.69 bits per heavy atom. The molecule has 1 aliphatic rings. The van der Waals surface area contributed by atoms with Crippen molar-refractivity contribution in [2.75, 3.05) is 20.0 Å². The van der Waals surface area contributed by atoms with Crippen LogP contribution in [0.5, 0.6) is 11.5 Å². The summed E-state index contributed by atoms with van der Waals surface area (Å²) in [4.78, 5) is 1.12. The van der Waals surface area contributed by atoms with Gasteiger partial charge in [0.25, 0.3) is 0 Å². The van der Waals surface area contributed by atoms with Crippen LogP contribution in [0.4, 0.5) is 0 Å². The maximum atomic E-state index is 11.4. The van der Waals surface area contributed by atoms with Gasteiger partial charge in [0.1, 0.15) is 0 Å². The van der Waals surface area contributed by atoms with Crippen LogP contribution >= 0.6 is 11.8 Å². The number of nitrogens with zero attached hydrogens (tertiary/aromatic N) is 1. The first-order valence-corrected chi connectivity index (χ1v) is 10.0. The van der Waals surface area contributed by atoms with Crippen LogP contribution in [-0.4, -0.2) is 35.8 Å². The minimum absolute atomic E-state index is 0.249. The van der Waals surface area contributed by atoms with Gasteiger partial charge in [0, 0.05) is 10.6 Å². The molecule has 0 amide bonds. The fourth-order valence-corrected chi connectivity index (χ4v) is 5.13. The van der Waals surface area contributed by atoms with E-state index in [-0.39, 0.29) is 11.6 Å². The van der Waals surface area contributed by atoms with E-state index < -0.39 is 0 Å². The molecule has 1 atom stereocenters. The van der Waals surface area contributed by atoms with Crippen molar-refractivity contribution in [3.8, 4) is 11.5 Å². The summed E-state index contributed by atoms with van der Waals surface area (Å²) in [7, 11) is 3.30. The average Bonchev–Trinajstić information content (AvgIpc) is 2.81. The van der Waals surface area contributed by atoms with Gasteiger partial charge in [0.2, 0.25) is 0 Å². The number of hydrogen-bond donors (Lipinski definition) is 1. The van der Waals surface area contributed by atoms with E-state index in [9.17, 15) is 5.21 Å². The Morgan fingerprint density at radius 1 is 1.08 bits per heavy atom. The second-order valence-corrected chi connectivity index (χ2v) is 7.64. The molecule has 2 aromatic rings. The molecule has 0 spiro atoms. The van der Waals surface area contributed by atoms with Crippen LogP contribution in [0.25, 0.3) is 0 Å². The van der Waals surface area contributed by atoms with E-state index in [1.165, 1.54) is 0 Å². The zero-order valence-electron chi connectivity index (χ0n) is 15.9. The predicted octanol–water partition coefficient (Wildman–Crippen LogP) is 5.15. The van der Waals surface area contributed by atoms with Crippen LogP contribution in [0.3, 0.4) is 0 Å². The zero-order chi connectivity index (χ0) is 18.7. The van der Waals surface area contributed by atoms with E-state index in [2.05, 4.69) is 26.0 Å². The van der Waals surface area contributed by atoms with Gasteiger partial charge in [0.15, 0.2) is 11.5 Å². The molecule has 5 heteroatoms. The number of rotatable bonds is 5. The zero-order valence-corrected chi connectivity index (χ0v) is 16.7. The van der Waals surface area contributed by atoms with E-state index in [0.29, 0.717) is 5.75 Å². The monoisotopic (exact) mass is 373 g/mol. The van der Waals surface area contributed by atoms with Crippen molar-refractivity contribution in [1.29, 1.82) is 0 Å². The van der Waals surface area contributed by atoms with Gasteiger partial charge in [-0.1, -0.05) is 44.2 Å². The normalized spacial score (nSPS) is 19.5. The van der Waals surface area contributed by atoms with Gasteiger partial charge in [-0.05, 0) is 36.1 Å². The van der Waals surface area contributed by atoms with Crippen molar-refractivity contribution in [2.45, 2.75) is 43.2 Å². The number of fused-ring (bicyclic) bond motifs is 1. The maximum absolute atomic E-state index is 11.4. The number of ether oxygens (including phenoxy) is 2. The molecule has 3 rings (SSSR count). The minimum atomic E-state index is -0.287.